The molecule has 1 aliphatic carbocycles. The van der Waals surface area contributed by atoms with Crippen LogP contribution in [-0.4, -0.2) is 17.7 Å². The summed E-state index contributed by atoms with van der Waals surface area (Å²) in [5.41, 5.74) is 2.02. The summed E-state index contributed by atoms with van der Waals surface area (Å²) in [6.45, 7) is 11.3. The number of carbonyl (C=O) groups excluding carboxylic acids is 1. The van der Waals surface area contributed by atoms with E-state index in [1.807, 2.05) is 18.2 Å². The Hall–Kier alpha value is -1.55. The van der Waals surface area contributed by atoms with Gasteiger partial charge in [0.2, 0.25) is 0 Å². The van der Waals surface area contributed by atoms with Gasteiger partial charge < -0.3 is 15.7 Å². The third-order valence-electron chi connectivity index (χ3n) is 5.41. The fourth-order valence-corrected chi connectivity index (χ4v) is 3.09. The Morgan fingerprint density at radius 3 is 2.43 bits per heavy atom. The summed E-state index contributed by atoms with van der Waals surface area (Å²) >= 11 is 0. The Morgan fingerprint density at radius 2 is 1.90 bits per heavy atom. The van der Waals surface area contributed by atoms with E-state index in [9.17, 15) is 9.90 Å². The average molecular weight is 290 g/mol. The highest BCUT2D eigenvalue weighted by molar-refractivity contribution is 5.89. The minimum atomic E-state index is -0.539. The first-order valence-corrected chi connectivity index (χ1v) is 7.49. The van der Waals surface area contributed by atoms with Gasteiger partial charge in [-0.25, -0.2) is 4.79 Å². The molecular weight excluding hydrogens is 264 g/mol. The van der Waals surface area contributed by atoms with Gasteiger partial charge >= 0.3 is 6.03 Å². The Bertz CT molecular complexity index is 521. The van der Waals surface area contributed by atoms with Crippen molar-refractivity contribution in [2.75, 3.05) is 11.9 Å². The minimum absolute atomic E-state index is 0.198. The number of nitrogens with one attached hydrogen (secondary N) is 2. The van der Waals surface area contributed by atoms with E-state index in [2.05, 4.69) is 38.3 Å². The van der Waals surface area contributed by atoms with Crippen molar-refractivity contribution in [2.24, 2.45) is 16.7 Å². The second kappa shape index (κ2) is 5.34. The number of carbonyl (C=O) groups is 1. The fraction of sp³-hybridized carbons (Fsp3) is 0.588. The molecule has 1 atom stereocenters. The SMILES string of the molecule is CC(O)c1cccc(NC(=O)NCC2C(C)(C)C2(C)C)c1. The lowest BCUT2D eigenvalue weighted by Gasteiger charge is -2.11. The average Bonchev–Trinajstić information content (AvgIpc) is 2.77. The molecule has 1 saturated carbocycles. The molecule has 0 bridgehead atoms. The maximum absolute atomic E-state index is 12.0. The first kappa shape index (κ1) is 15.8. The van der Waals surface area contributed by atoms with Crippen molar-refractivity contribution < 1.29 is 9.90 Å². The molecule has 4 nitrogen and oxygen atoms in total. The molecule has 3 N–H and O–H groups in total. The number of urea groups is 1. The van der Waals surface area contributed by atoms with Gasteiger partial charge in [0, 0.05) is 12.2 Å². The van der Waals surface area contributed by atoms with E-state index in [0.717, 1.165) is 5.56 Å². The van der Waals surface area contributed by atoms with Crippen LogP contribution in [-0.2, 0) is 0 Å². The Labute approximate surface area is 126 Å². The van der Waals surface area contributed by atoms with Gasteiger partial charge in [0.25, 0.3) is 0 Å². The minimum Gasteiger partial charge on any atom is -0.389 e. The number of benzene rings is 1. The second-order valence-electron chi connectivity index (χ2n) is 7.13. The molecule has 0 heterocycles. The molecule has 0 spiro atoms. The number of amides is 2. The monoisotopic (exact) mass is 290 g/mol. The third-order valence-corrected chi connectivity index (χ3v) is 5.41. The summed E-state index contributed by atoms with van der Waals surface area (Å²) in [6, 6.07) is 7.07. The summed E-state index contributed by atoms with van der Waals surface area (Å²) in [6.07, 6.45) is -0.539. The van der Waals surface area contributed by atoms with Gasteiger partial charge in [0.15, 0.2) is 0 Å². The predicted molar refractivity (Wildman–Crippen MR) is 85.1 cm³/mol. The summed E-state index contributed by atoms with van der Waals surface area (Å²) in [5, 5.41) is 15.3. The standard InChI is InChI=1S/C17H26N2O2/c1-11(20)12-7-6-8-13(9-12)19-15(21)18-10-14-16(2,3)17(14,4)5/h6-9,11,14,20H,10H2,1-5H3,(H2,18,19,21). The molecular formula is C17H26N2O2. The highest BCUT2D eigenvalue weighted by Gasteiger charge is 2.64. The molecule has 0 aromatic heterocycles. The van der Waals surface area contributed by atoms with Crippen LogP contribution in [0, 0.1) is 16.7 Å². The van der Waals surface area contributed by atoms with Crippen molar-refractivity contribution in [3.8, 4) is 0 Å². The zero-order valence-corrected chi connectivity index (χ0v) is 13.5. The summed E-state index contributed by atoms with van der Waals surface area (Å²) in [7, 11) is 0. The van der Waals surface area contributed by atoms with Crippen molar-refractivity contribution in [3.63, 3.8) is 0 Å². The maximum atomic E-state index is 12.0. The molecule has 0 aliphatic heterocycles. The Morgan fingerprint density at radius 1 is 1.29 bits per heavy atom. The second-order valence-corrected chi connectivity index (χ2v) is 7.13. The smallest absolute Gasteiger partial charge is 0.319 e. The van der Waals surface area contributed by atoms with E-state index >= 15 is 0 Å². The number of hydrogen-bond acceptors (Lipinski definition) is 2. The predicted octanol–water partition coefficient (Wildman–Crippen LogP) is 3.54. The van der Waals surface area contributed by atoms with Gasteiger partial charge in [0.1, 0.15) is 0 Å². The van der Waals surface area contributed by atoms with E-state index in [1.165, 1.54) is 0 Å². The maximum Gasteiger partial charge on any atom is 0.319 e. The van der Waals surface area contributed by atoms with Gasteiger partial charge in [0.05, 0.1) is 6.10 Å². The molecule has 0 saturated heterocycles. The Balaban J connectivity index is 1.87. The normalized spacial score (nSPS) is 20.7. The van der Waals surface area contributed by atoms with Crippen LogP contribution < -0.4 is 10.6 Å². The molecule has 21 heavy (non-hydrogen) atoms. The van der Waals surface area contributed by atoms with Crippen LogP contribution in [0.1, 0.15) is 46.3 Å². The van der Waals surface area contributed by atoms with Crippen LogP contribution in [0.15, 0.2) is 24.3 Å². The van der Waals surface area contributed by atoms with Gasteiger partial charge in [-0.3, -0.25) is 0 Å². The van der Waals surface area contributed by atoms with Crippen LogP contribution >= 0.6 is 0 Å². The lowest BCUT2D eigenvalue weighted by molar-refractivity contribution is 0.199. The van der Waals surface area contributed by atoms with Gasteiger partial charge in [-0.2, -0.15) is 0 Å². The Kier molecular flexibility index (Phi) is 4.02. The van der Waals surface area contributed by atoms with Crippen molar-refractivity contribution in [2.45, 2.75) is 40.7 Å². The van der Waals surface area contributed by atoms with Crippen molar-refractivity contribution in [3.05, 3.63) is 29.8 Å². The molecule has 116 valence electrons. The van der Waals surface area contributed by atoms with E-state index in [1.54, 1.807) is 13.0 Å². The summed E-state index contributed by atoms with van der Waals surface area (Å²) < 4.78 is 0. The van der Waals surface area contributed by atoms with Crippen LogP contribution in [0.5, 0.6) is 0 Å². The quantitative estimate of drug-likeness (QED) is 0.794. The number of hydrogen-bond donors (Lipinski definition) is 3. The zero-order valence-electron chi connectivity index (χ0n) is 13.5. The lowest BCUT2D eigenvalue weighted by Crippen LogP contribution is -2.31. The van der Waals surface area contributed by atoms with E-state index in [-0.39, 0.29) is 16.9 Å². The third kappa shape index (κ3) is 3.05. The highest BCUT2D eigenvalue weighted by atomic mass is 16.3. The first-order valence-electron chi connectivity index (χ1n) is 7.49. The number of rotatable bonds is 4. The van der Waals surface area contributed by atoms with E-state index in [4.69, 9.17) is 0 Å². The van der Waals surface area contributed by atoms with Crippen LogP contribution in [0.3, 0.4) is 0 Å². The highest BCUT2D eigenvalue weighted by Crippen LogP contribution is 2.67. The lowest BCUT2D eigenvalue weighted by atomic mass is 10.0. The van der Waals surface area contributed by atoms with Crippen molar-refractivity contribution in [1.29, 1.82) is 0 Å². The number of anilines is 1. The van der Waals surface area contributed by atoms with Gasteiger partial charge in [-0.1, -0.05) is 39.8 Å². The first-order chi connectivity index (χ1) is 9.66. The fourth-order valence-electron chi connectivity index (χ4n) is 3.09. The van der Waals surface area contributed by atoms with Crippen LogP contribution in [0.4, 0.5) is 10.5 Å². The van der Waals surface area contributed by atoms with Gasteiger partial charge in [-0.15, -0.1) is 0 Å². The summed E-state index contributed by atoms with van der Waals surface area (Å²) in [5.74, 6) is 0.500. The molecule has 4 heteroatoms. The molecule has 2 amide bonds. The molecule has 1 unspecified atom stereocenters. The number of aliphatic hydroxyl groups excluding tert-OH is 1. The molecule has 1 aliphatic rings. The molecule has 1 fully saturated rings. The van der Waals surface area contributed by atoms with Crippen LogP contribution in [0.25, 0.3) is 0 Å². The van der Waals surface area contributed by atoms with Gasteiger partial charge in [-0.05, 0) is 41.4 Å². The zero-order chi connectivity index (χ0) is 15.8. The van der Waals surface area contributed by atoms with E-state index in [0.29, 0.717) is 18.2 Å². The largest absolute Gasteiger partial charge is 0.389 e. The van der Waals surface area contributed by atoms with Crippen molar-refractivity contribution in [1.82, 2.24) is 5.32 Å². The molecule has 1 aromatic carbocycles. The molecule has 1 aromatic rings. The topological polar surface area (TPSA) is 61.4 Å². The molecule has 2 rings (SSSR count). The molecule has 0 radical (unpaired) electrons. The van der Waals surface area contributed by atoms with Crippen LogP contribution in [0.2, 0.25) is 0 Å². The van der Waals surface area contributed by atoms with E-state index < -0.39 is 6.10 Å². The summed E-state index contributed by atoms with van der Waals surface area (Å²) in [4.78, 5) is 12.0. The number of aliphatic hydroxyl groups is 1. The van der Waals surface area contributed by atoms with Crippen molar-refractivity contribution >= 4 is 11.7 Å².